The number of hydrogen-bond donors (Lipinski definition) is 1. The van der Waals surface area contributed by atoms with Crippen molar-refractivity contribution in [2.45, 2.75) is 33.6 Å². The van der Waals surface area contributed by atoms with Gasteiger partial charge in [0.25, 0.3) is 0 Å². The van der Waals surface area contributed by atoms with Crippen molar-refractivity contribution in [2.75, 3.05) is 39.9 Å². The molecule has 0 aliphatic carbocycles. The summed E-state index contributed by atoms with van der Waals surface area (Å²) >= 11 is 0. The zero-order valence-electron chi connectivity index (χ0n) is 11.8. The van der Waals surface area contributed by atoms with Crippen LogP contribution in [0.15, 0.2) is 0 Å². The average molecular weight is 244 g/mol. The first kappa shape index (κ1) is 16.4. The summed E-state index contributed by atoms with van der Waals surface area (Å²) in [7, 11) is 1.98. The molecule has 0 aliphatic heterocycles. The Kier molecular flexibility index (Phi) is 10.2. The monoisotopic (exact) mass is 244 g/mol. The molecule has 0 radical (unpaired) electrons. The number of likely N-dealkylation sites (N-methyl/N-ethyl adjacent to an activating group) is 1. The van der Waals surface area contributed by atoms with Crippen molar-refractivity contribution in [2.24, 2.45) is 5.92 Å². The number of unbranched alkanes of at least 4 members (excludes halogenated alkanes) is 1. The third kappa shape index (κ3) is 11.6. The number of carbonyl (C=O) groups is 1. The Morgan fingerprint density at radius 3 is 2.65 bits per heavy atom. The maximum atomic E-state index is 11.5. The molecule has 0 spiro atoms. The predicted octanol–water partition coefficient (Wildman–Crippen LogP) is 1.51. The summed E-state index contributed by atoms with van der Waals surface area (Å²) in [6.07, 6.45) is 2.00. The molecule has 0 rings (SSSR count). The number of hydrogen-bond acceptors (Lipinski definition) is 3. The topological polar surface area (TPSA) is 41.6 Å². The lowest BCUT2D eigenvalue weighted by Crippen LogP contribution is -2.37. The summed E-state index contributed by atoms with van der Waals surface area (Å²) in [6, 6.07) is 0. The van der Waals surface area contributed by atoms with Gasteiger partial charge < -0.3 is 10.1 Å². The second-order valence-electron chi connectivity index (χ2n) is 4.84. The SMILES string of the molecule is CCOCCCCNC(=O)CN(C)CC(C)C. The maximum absolute atomic E-state index is 11.5. The summed E-state index contributed by atoms with van der Waals surface area (Å²) in [6.45, 7) is 10.1. The van der Waals surface area contributed by atoms with E-state index in [0.717, 1.165) is 39.1 Å². The number of amides is 1. The molecule has 0 saturated carbocycles. The smallest absolute Gasteiger partial charge is 0.234 e. The molecule has 0 aromatic rings. The van der Waals surface area contributed by atoms with Crippen LogP contribution in [0, 0.1) is 5.92 Å². The van der Waals surface area contributed by atoms with Crippen LogP contribution in [0.2, 0.25) is 0 Å². The Balaban J connectivity index is 3.40. The van der Waals surface area contributed by atoms with Crippen molar-refractivity contribution in [1.29, 1.82) is 0 Å². The lowest BCUT2D eigenvalue weighted by molar-refractivity contribution is -0.122. The Hall–Kier alpha value is -0.610. The lowest BCUT2D eigenvalue weighted by Gasteiger charge is -2.18. The molecule has 0 bridgehead atoms. The van der Waals surface area contributed by atoms with Crippen LogP contribution in [0.5, 0.6) is 0 Å². The van der Waals surface area contributed by atoms with Gasteiger partial charge in [-0.15, -0.1) is 0 Å². The van der Waals surface area contributed by atoms with Gasteiger partial charge in [-0.2, -0.15) is 0 Å². The molecule has 0 heterocycles. The van der Waals surface area contributed by atoms with Crippen molar-refractivity contribution < 1.29 is 9.53 Å². The van der Waals surface area contributed by atoms with Gasteiger partial charge in [0.05, 0.1) is 6.54 Å². The van der Waals surface area contributed by atoms with Gasteiger partial charge in [-0.25, -0.2) is 0 Å². The number of nitrogens with one attached hydrogen (secondary N) is 1. The van der Waals surface area contributed by atoms with Gasteiger partial charge in [0.2, 0.25) is 5.91 Å². The molecule has 4 nitrogen and oxygen atoms in total. The molecule has 0 aromatic carbocycles. The van der Waals surface area contributed by atoms with Crippen LogP contribution in [0.3, 0.4) is 0 Å². The maximum Gasteiger partial charge on any atom is 0.234 e. The highest BCUT2D eigenvalue weighted by Gasteiger charge is 2.06. The highest BCUT2D eigenvalue weighted by molar-refractivity contribution is 5.77. The molecular weight excluding hydrogens is 216 g/mol. The fraction of sp³-hybridized carbons (Fsp3) is 0.923. The third-order valence-corrected chi connectivity index (χ3v) is 2.33. The Morgan fingerprint density at radius 1 is 1.35 bits per heavy atom. The molecule has 0 saturated heterocycles. The summed E-state index contributed by atoms with van der Waals surface area (Å²) in [5.41, 5.74) is 0. The van der Waals surface area contributed by atoms with Gasteiger partial charge in [-0.1, -0.05) is 13.8 Å². The molecule has 17 heavy (non-hydrogen) atoms. The van der Waals surface area contributed by atoms with E-state index in [2.05, 4.69) is 24.1 Å². The van der Waals surface area contributed by atoms with E-state index in [4.69, 9.17) is 4.74 Å². The molecule has 1 N–H and O–H groups in total. The van der Waals surface area contributed by atoms with Gasteiger partial charge in [0.15, 0.2) is 0 Å². The normalized spacial score (nSPS) is 11.2. The fourth-order valence-corrected chi connectivity index (χ4v) is 1.69. The van der Waals surface area contributed by atoms with E-state index >= 15 is 0 Å². The van der Waals surface area contributed by atoms with Crippen LogP contribution in [-0.4, -0.2) is 50.7 Å². The Morgan fingerprint density at radius 2 is 2.06 bits per heavy atom. The van der Waals surface area contributed by atoms with Gasteiger partial charge in [0.1, 0.15) is 0 Å². The minimum Gasteiger partial charge on any atom is -0.382 e. The van der Waals surface area contributed by atoms with E-state index < -0.39 is 0 Å². The number of rotatable bonds is 10. The van der Waals surface area contributed by atoms with E-state index in [-0.39, 0.29) is 5.91 Å². The van der Waals surface area contributed by atoms with Crippen LogP contribution in [0.1, 0.15) is 33.6 Å². The van der Waals surface area contributed by atoms with Gasteiger partial charge in [-0.05, 0) is 32.7 Å². The third-order valence-electron chi connectivity index (χ3n) is 2.33. The van der Waals surface area contributed by atoms with Crippen LogP contribution in [0.25, 0.3) is 0 Å². The summed E-state index contributed by atoms with van der Waals surface area (Å²) < 4.78 is 5.23. The van der Waals surface area contributed by atoms with Crippen molar-refractivity contribution >= 4 is 5.91 Å². The van der Waals surface area contributed by atoms with Crippen LogP contribution in [0.4, 0.5) is 0 Å². The first-order valence-corrected chi connectivity index (χ1v) is 6.59. The predicted molar refractivity (Wildman–Crippen MR) is 71.1 cm³/mol. The van der Waals surface area contributed by atoms with Crippen molar-refractivity contribution in [3.8, 4) is 0 Å². The summed E-state index contributed by atoms with van der Waals surface area (Å²) in [5.74, 6) is 0.712. The first-order chi connectivity index (χ1) is 8.06. The summed E-state index contributed by atoms with van der Waals surface area (Å²) in [4.78, 5) is 13.6. The number of nitrogens with zero attached hydrogens (tertiary/aromatic N) is 1. The van der Waals surface area contributed by atoms with Crippen molar-refractivity contribution in [1.82, 2.24) is 10.2 Å². The summed E-state index contributed by atoms with van der Waals surface area (Å²) in [5, 5.41) is 2.93. The molecule has 0 unspecified atom stereocenters. The second-order valence-corrected chi connectivity index (χ2v) is 4.84. The molecule has 0 fully saturated rings. The van der Waals surface area contributed by atoms with Crippen LogP contribution >= 0.6 is 0 Å². The van der Waals surface area contributed by atoms with Gasteiger partial charge in [0, 0.05) is 26.3 Å². The average Bonchev–Trinajstić information content (AvgIpc) is 2.21. The van der Waals surface area contributed by atoms with Crippen LogP contribution in [-0.2, 0) is 9.53 Å². The lowest BCUT2D eigenvalue weighted by atomic mass is 10.2. The largest absolute Gasteiger partial charge is 0.382 e. The van der Waals surface area contributed by atoms with Gasteiger partial charge >= 0.3 is 0 Å². The second kappa shape index (κ2) is 10.5. The van der Waals surface area contributed by atoms with E-state index in [1.54, 1.807) is 0 Å². The molecule has 102 valence electrons. The van der Waals surface area contributed by atoms with E-state index in [9.17, 15) is 4.79 Å². The molecule has 0 aromatic heterocycles. The Bertz CT molecular complexity index is 196. The number of carbonyl (C=O) groups excluding carboxylic acids is 1. The standard InChI is InChI=1S/C13H28N2O2/c1-5-17-9-7-6-8-14-13(16)11-15(4)10-12(2)3/h12H,5-11H2,1-4H3,(H,14,16). The minimum absolute atomic E-state index is 0.115. The first-order valence-electron chi connectivity index (χ1n) is 6.59. The van der Waals surface area contributed by atoms with E-state index in [1.807, 2.05) is 14.0 Å². The Labute approximate surface area is 106 Å². The van der Waals surface area contributed by atoms with Crippen molar-refractivity contribution in [3.05, 3.63) is 0 Å². The number of ether oxygens (including phenoxy) is 1. The molecule has 4 heteroatoms. The minimum atomic E-state index is 0.115. The highest BCUT2D eigenvalue weighted by atomic mass is 16.5. The fourth-order valence-electron chi connectivity index (χ4n) is 1.69. The molecule has 0 aliphatic rings. The quantitative estimate of drug-likeness (QED) is 0.592. The highest BCUT2D eigenvalue weighted by Crippen LogP contribution is 1.95. The zero-order valence-corrected chi connectivity index (χ0v) is 11.8. The molecular formula is C13H28N2O2. The molecule has 1 amide bonds. The van der Waals surface area contributed by atoms with E-state index in [1.165, 1.54) is 0 Å². The zero-order chi connectivity index (χ0) is 13.1. The van der Waals surface area contributed by atoms with Crippen molar-refractivity contribution in [3.63, 3.8) is 0 Å². The van der Waals surface area contributed by atoms with E-state index in [0.29, 0.717) is 12.5 Å². The molecule has 0 atom stereocenters. The van der Waals surface area contributed by atoms with Gasteiger partial charge in [-0.3, -0.25) is 9.69 Å². The van der Waals surface area contributed by atoms with Crippen LogP contribution < -0.4 is 5.32 Å².